The number of benzene rings is 1. The van der Waals surface area contributed by atoms with Crippen molar-refractivity contribution in [2.45, 2.75) is 6.42 Å². The second kappa shape index (κ2) is 5.70. The quantitative estimate of drug-likeness (QED) is 0.925. The molecule has 1 fully saturated rings. The number of hydrogen-bond donors (Lipinski definition) is 1. The van der Waals surface area contributed by atoms with Gasteiger partial charge in [0.05, 0.1) is 5.92 Å². The number of nitrogens with one attached hydrogen (secondary N) is 1. The van der Waals surface area contributed by atoms with Crippen LogP contribution < -0.4 is 10.2 Å². The molecular formula is C15H14N4O2. The van der Waals surface area contributed by atoms with Gasteiger partial charge in [0, 0.05) is 31.0 Å². The smallest absolute Gasteiger partial charge is 0.232 e. The van der Waals surface area contributed by atoms with Crippen molar-refractivity contribution in [1.29, 1.82) is 0 Å². The van der Waals surface area contributed by atoms with Gasteiger partial charge in [-0.1, -0.05) is 18.2 Å². The number of rotatable bonds is 3. The maximum Gasteiger partial charge on any atom is 0.232 e. The second-order valence-corrected chi connectivity index (χ2v) is 4.80. The average Bonchev–Trinajstić information content (AvgIpc) is 2.91. The summed E-state index contributed by atoms with van der Waals surface area (Å²) in [5.41, 5.74) is 0.814. The molecule has 2 aromatic rings. The maximum absolute atomic E-state index is 12.2. The van der Waals surface area contributed by atoms with E-state index in [-0.39, 0.29) is 30.1 Å². The fourth-order valence-corrected chi connectivity index (χ4v) is 2.32. The molecule has 1 aromatic carbocycles. The van der Waals surface area contributed by atoms with Gasteiger partial charge < -0.3 is 4.90 Å². The second-order valence-electron chi connectivity index (χ2n) is 4.80. The van der Waals surface area contributed by atoms with Gasteiger partial charge in [0.15, 0.2) is 0 Å². The van der Waals surface area contributed by atoms with Crippen molar-refractivity contribution in [3.8, 4) is 0 Å². The van der Waals surface area contributed by atoms with Gasteiger partial charge in [0.1, 0.15) is 0 Å². The molecule has 6 heteroatoms. The van der Waals surface area contributed by atoms with Crippen LogP contribution in [0, 0.1) is 5.92 Å². The lowest BCUT2D eigenvalue weighted by molar-refractivity contribution is -0.122. The van der Waals surface area contributed by atoms with Crippen molar-refractivity contribution in [3.05, 3.63) is 48.8 Å². The predicted octanol–water partition coefficient (Wildman–Crippen LogP) is 1.47. The number of carbonyl (C=O) groups is 2. The first kappa shape index (κ1) is 13.2. The lowest BCUT2D eigenvalue weighted by atomic mass is 10.1. The summed E-state index contributed by atoms with van der Waals surface area (Å²) in [5, 5.41) is 2.64. The molecule has 1 aliphatic heterocycles. The Hall–Kier alpha value is -2.76. The fourth-order valence-electron chi connectivity index (χ4n) is 2.32. The average molecular weight is 282 g/mol. The molecule has 3 rings (SSSR count). The van der Waals surface area contributed by atoms with E-state index >= 15 is 0 Å². The van der Waals surface area contributed by atoms with Crippen LogP contribution in [0.2, 0.25) is 0 Å². The van der Waals surface area contributed by atoms with E-state index in [4.69, 9.17) is 0 Å². The molecule has 0 aliphatic carbocycles. The number of aromatic nitrogens is 2. The van der Waals surface area contributed by atoms with Gasteiger partial charge >= 0.3 is 0 Å². The van der Waals surface area contributed by atoms with E-state index in [0.29, 0.717) is 6.54 Å². The molecule has 1 atom stereocenters. The van der Waals surface area contributed by atoms with Gasteiger partial charge in [0.2, 0.25) is 17.8 Å². The molecule has 106 valence electrons. The normalized spacial score (nSPS) is 17.8. The van der Waals surface area contributed by atoms with Crippen LogP contribution in [0.5, 0.6) is 0 Å². The standard InChI is InChI=1S/C15H14N4O2/c20-13-9-11(10-19(13)12-5-2-1-3-6-12)14(21)18-15-16-7-4-8-17-15/h1-8,11H,9-10H2,(H,16,17,18,21)/t11-/m0/s1. The van der Waals surface area contributed by atoms with Gasteiger partial charge in [0.25, 0.3) is 0 Å². The molecule has 2 amide bonds. The van der Waals surface area contributed by atoms with Crippen LogP contribution in [0.25, 0.3) is 0 Å². The number of nitrogens with zero attached hydrogens (tertiary/aromatic N) is 3. The first-order chi connectivity index (χ1) is 10.2. The highest BCUT2D eigenvalue weighted by Gasteiger charge is 2.35. The van der Waals surface area contributed by atoms with E-state index in [1.165, 1.54) is 0 Å². The van der Waals surface area contributed by atoms with Crippen LogP contribution in [0.1, 0.15) is 6.42 Å². The van der Waals surface area contributed by atoms with Gasteiger partial charge in [-0.3, -0.25) is 14.9 Å². The van der Waals surface area contributed by atoms with E-state index in [9.17, 15) is 9.59 Å². The molecule has 1 aliphatic rings. The van der Waals surface area contributed by atoms with E-state index in [2.05, 4.69) is 15.3 Å². The summed E-state index contributed by atoms with van der Waals surface area (Å²) >= 11 is 0. The van der Waals surface area contributed by atoms with Crippen molar-refractivity contribution in [1.82, 2.24) is 9.97 Å². The number of anilines is 2. The molecule has 0 saturated carbocycles. The van der Waals surface area contributed by atoms with Crippen LogP contribution in [0.3, 0.4) is 0 Å². The summed E-state index contributed by atoms with van der Waals surface area (Å²) in [4.78, 5) is 33.7. The molecule has 6 nitrogen and oxygen atoms in total. The first-order valence-corrected chi connectivity index (χ1v) is 6.67. The molecule has 21 heavy (non-hydrogen) atoms. The number of para-hydroxylation sites is 1. The van der Waals surface area contributed by atoms with Crippen molar-refractivity contribution >= 4 is 23.5 Å². The number of amides is 2. The van der Waals surface area contributed by atoms with Crippen LogP contribution in [0.15, 0.2) is 48.8 Å². The van der Waals surface area contributed by atoms with Crippen LogP contribution >= 0.6 is 0 Å². The SMILES string of the molecule is O=C(Nc1ncccn1)[C@H]1CC(=O)N(c2ccccc2)C1. The molecule has 1 N–H and O–H groups in total. The Labute approximate surface area is 121 Å². The summed E-state index contributed by atoms with van der Waals surface area (Å²) in [6, 6.07) is 11.0. The minimum atomic E-state index is -0.387. The van der Waals surface area contributed by atoms with Crippen LogP contribution in [0.4, 0.5) is 11.6 Å². The Bertz CT molecular complexity index is 645. The molecule has 1 aromatic heterocycles. The predicted molar refractivity (Wildman–Crippen MR) is 77.6 cm³/mol. The first-order valence-electron chi connectivity index (χ1n) is 6.67. The molecule has 0 bridgehead atoms. The zero-order chi connectivity index (χ0) is 14.7. The van der Waals surface area contributed by atoms with E-state index in [1.54, 1.807) is 23.4 Å². The molecular weight excluding hydrogens is 268 g/mol. The van der Waals surface area contributed by atoms with Crippen LogP contribution in [-0.2, 0) is 9.59 Å². The van der Waals surface area contributed by atoms with Gasteiger partial charge in [-0.2, -0.15) is 0 Å². The summed E-state index contributed by atoms with van der Waals surface area (Å²) in [6.07, 6.45) is 3.31. The largest absolute Gasteiger partial charge is 0.312 e. The van der Waals surface area contributed by atoms with Crippen molar-refractivity contribution in [3.63, 3.8) is 0 Å². The maximum atomic E-state index is 12.2. The monoisotopic (exact) mass is 282 g/mol. The highest BCUT2D eigenvalue weighted by atomic mass is 16.2. The topological polar surface area (TPSA) is 75.2 Å². The van der Waals surface area contributed by atoms with E-state index in [0.717, 1.165) is 5.69 Å². The lowest BCUT2D eigenvalue weighted by Gasteiger charge is -2.16. The third-order valence-corrected chi connectivity index (χ3v) is 3.36. The third-order valence-electron chi connectivity index (χ3n) is 3.36. The van der Waals surface area contributed by atoms with Crippen molar-refractivity contribution < 1.29 is 9.59 Å². The van der Waals surface area contributed by atoms with Gasteiger partial charge in [-0.25, -0.2) is 9.97 Å². The zero-order valence-corrected chi connectivity index (χ0v) is 11.3. The van der Waals surface area contributed by atoms with Crippen molar-refractivity contribution in [2.75, 3.05) is 16.8 Å². The Morgan fingerprint density at radius 1 is 1.14 bits per heavy atom. The Kier molecular flexibility index (Phi) is 3.59. The Balaban J connectivity index is 1.68. The minimum Gasteiger partial charge on any atom is -0.312 e. The minimum absolute atomic E-state index is 0.0460. The lowest BCUT2D eigenvalue weighted by Crippen LogP contribution is -2.28. The molecule has 0 spiro atoms. The molecule has 0 unspecified atom stereocenters. The summed E-state index contributed by atoms with van der Waals surface area (Å²) in [5.74, 6) is -0.405. The van der Waals surface area contributed by atoms with Gasteiger partial charge in [-0.15, -0.1) is 0 Å². The molecule has 2 heterocycles. The number of carbonyl (C=O) groups excluding carboxylic acids is 2. The van der Waals surface area contributed by atoms with E-state index in [1.807, 2.05) is 30.3 Å². The van der Waals surface area contributed by atoms with Crippen molar-refractivity contribution in [2.24, 2.45) is 5.92 Å². The van der Waals surface area contributed by atoms with Gasteiger partial charge in [-0.05, 0) is 18.2 Å². The third kappa shape index (κ3) is 2.89. The Morgan fingerprint density at radius 3 is 2.57 bits per heavy atom. The Morgan fingerprint density at radius 2 is 1.86 bits per heavy atom. The van der Waals surface area contributed by atoms with E-state index < -0.39 is 0 Å². The summed E-state index contributed by atoms with van der Waals surface area (Å²) in [7, 11) is 0. The highest BCUT2D eigenvalue weighted by molar-refractivity contribution is 6.03. The summed E-state index contributed by atoms with van der Waals surface area (Å²) in [6.45, 7) is 0.377. The number of hydrogen-bond acceptors (Lipinski definition) is 4. The zero-order valence-electron chi connectivity index (χ0n) is 11.3. The fraction of sp³-hybridized carbons (Fsp3) is 0.200. The van der Waals surface area contributed by atoms with Crippen LogP contribution in [-0.4, -0.2) is 28.3 Å². The molecule has 0 radical (unpaired) electrons. The highest BCUT2D eigenvalue weighted by Crippen LogP contribution is 2.25. The summed E-state index contributed by atoms with van der Waals surface area (Å²) < 4.78 is 0. The molecule has 1 saturated heterocycles.